The zero-order valence-electron chi connectivity index (χ0n) is 42.0. The predicted octanol–water partition coefficient (Wildman–Crippen LogP) is 12.0. The summed E-state index contributed by atoms with van der Waals surface area (Å²) in [6.07, 6.45) is 17.3. The monoisotopic (exact) mass is 1010 g/mol. The number of amides is 1. The van der Waals surface area contributed by atoms with Gasteiger partial charge in [0.2, 0.25) is 11.9 Å². The molecule has 2 fully saturated rings. The molecule has 15 nitrogen and oxygen atoms in total. The van der Waals surface area contributed by atoms with Gasteiger partial charge >= 0.3 is 6.09 Å². The van der Waals surface area contributed by atoms with Gasteiger partial charge in [0.15, 0.2) is 0 Å². The van der Waals surface area contributed by atoms with Gasteiger partial charge in [-0.05, 0) is 102 Å². The number of benzene rings is 2. The first-order valence-corrected chi connectivity index (χ1v) is 30.1. The number of rotatable bonds is 14. The Labute approximate surface area is 424 Å². The van der Waals surface area contributed by atoms with Crippen molar-refractivity contribution in [2.45, 2.75) is 135 Å². The van der Waals surface area contributed by atoms with Crippen molar-refractivity contribution < 1.29 is 14.3 Å². The van der Waals surface area contributed by atoms with Crippen LogP contribution in [0.1, 0.15) is 70.4 Å². The zero-order chi connectivity index (χ0) is 49.9. The number of nitrogens with zero attached hydrogens (tertiary/aromatic N) is 7. The number of hydrogen-bond donors (Lipinski definition) is 5. The van der Waals surface area contributed by atoms with Gasteiger partial charge in [-0.2, -0.15) is 0 Å². The Morgan fingerprint density at radius 1 is 0.803 bits per heavy atom. The molecule has 2 saturated carbocycles. The molecular formula is C53H66N12O3S2Si. The third-order valence-corrected chi connectivity index (χ3v) is 16.4. The lowest BCUT2D eigenvalue weighted by Crippen LogP contribution is -2.45. The normalized spacial score (nSPS) is 18.2. The first kappa shape index (κ1) is 49.9. The van der Waals surface area contributed by atoms with E-state index in [9.17, 15) is 4.79 Å². The fraction of sp³-hybridized carbons (Fsp3) is 0.415. The number of aromatic nitrogens is 8. The molecule has 10 rings (SSSR count). The van der Waals surface area contributed by atoms with Gasteiger partial charge < -0.3 is 40.7 Å². The van der Waals surface area contributed by atoms with Crippen molar-refractivity contribution in [2.24, 2.45) is 5.73 Å². The molecule has 71 heavy (non-hydrogen) atoms. The van der Waals surface area contributed by atoms with E-state index in [1.165, 1.54) is 0 Å². The highest BCUT2D eigenvalue weighted by Gasteiger charge is 2.31. The molecule has 0 unspecified atom stereocenters. The van der Waals surface area contributed by atoms with E-state index in [1.807, 2.05) is 76.4 Å². The fourth-order valence-electron chi connectivity index (χ4n) is 9.28. The Kier molecular flexibility index (Phi) is 15.0. The number of nitrogens with one attached hydrogen (secondary N) is 4. The molecule has 8 aromatic rings. The van der Waals surface area contributed by atoms with Gasteiger partial charge in [0, 0.05) is 119 Å². The smallest absolute Gasteiger partial charge is 0.407 e. The summed E-state index contributed by atoms with van der Waals surface area (Å²) in [6, 6.07) is 14.4. The number of H-pyrrole nitrogens is 1. The molecule has 0 saturated heterocycles. The van der Waals surface area contributed by atoms with Crippen molar-refractivity contribution in [3.05, 3.63) is 95.5 Å². The Morgan fingerprint density at radius 3 is 2.03 bits per heavy atom. The minimum absolute atomic E-state index is 0.0186. The van der Waals surface area contributed by atoms with E-state index in [0.29, 0.717) is 18.6 Å². The third kappa shape index (κ3) is 12.2. The lowest BCUT2D eigenvalue weighted by atomic mass is 10.1. The Balaban J connectivity index is 0.000000191. The SMILES string of the molecule is Cc1cnc(N[C@H]2CCC[C@@H]2N)nc1-c1c[nH]c2cc(-c3nccs3)ccc12.Cc1cnc(N[C@H]2CCC[C@@H]2NC(=O)OC(C)(C)C)nc1-c1cn(COCC[Si](C)(C)C)c2cc(-c3nccs3)ccc12. The largest absolute Gasteiger partial charge is 0.444 e. The number of anilines is 2. The standard InChI is InChI=1S/C32H44N6O3SSi.C21H22N6S/c1-21-18-34-30(35-25-9-8-10-26(25)36-31(39)41-32(2,3)4)37-28(21)24-19-38(20-40-14-16-43(5,6)7)27-17-22(11-12-23(24)27)29-33-13-15-42-29;1-12-10-25-21(26-17-4-2-3-16(17)22)27-19(12)15-11-24-18-9-13(5-6-14(15)18)20-23-7-8-28-20/h11-13,15,17-19,25-26H,8-10,14,16,20H2,1-7H3,(H,36,39)(H,34,35,37);5-11,16-17,24H,2-4,22H2,1H3,(H,25,26,27)/t25-,26-;16-,17-/m00/s1. The molecule has 6 heterocycles. The second-order valence-electron chi connectivity index (χ2n) is 21.0. The van der Waals surface area contributed by atoms with Crippen molar-refractivity contribution in [2.75, 3.05) is 17.2 Å². The molecule has 0 aliphatic heterocycles. The molecule has 0 bridgehead atoms. The molecule has 6 aromatic heterocycles. The average molecular weight is 1010 g/mol. The third-order valence-electron chi connectivity index (χ3n) is 13.0. The van der Waals surface area contributed by atoms with Crippen molar-refractivity contribution in [1.29, 1.82) is 0 Å². The predicted molar refractivity (Wildman–Crippen MR) is 292 cm³/mol. The van der Waals surface area contributed by atoms with E-state index in [-0.39, 0.29) is 24.2 Å². The van der Waals surface area contributed by atoms with Crippen LogP contribution in [0.2, 0.25) is 25.7 Å². The highest BCUT2D eigenvalue weighted by molar-refractivity contribution is 7.13. The van der Waals surface area contributed by atoms with Crippen molar-refractivity contribution in [3.8, 4) is 43.7 Å². The number of aromatic amines is 1. The molecule has 2 aliphatic rings. The molecule has 0 radical (unpaired) electrons. The van der Waals surface area contributed by atoms with Gasteiger partial charge in [-0.15, -0.1) is 22.7 Å². The summed E-state index contributed by atoms with van der Waals surface area (Å²) in [4.78, 5) is 43.7. The first-order valence-electron chi connectivity index (χ1n) is 24.6. The van der Waals surface area contributed by atoms with Crippen LogP contribution in [-0.4, -0.2) is 90.0 Å². The number of ether oxygens (including phenoxy) is 2. The Hall–Kier alpha value is -6.05. The van der Waals surface area contributed by atoms with Gasteiger partial charge in [0.25, 0.3) is 0 Å². The number of aryl methyl sites for hydroxylation is 2. The Morgan fingerprint density at radius 2 is 1.41 bits per heavy atom. The van der Waals surface area contributed by atoms with Crippen LogP contribution in [0.3, 0.4) is 0 Å². The van der Waals surface area contributed by atoms with Crippen molar-refractivity contribution in [3.63, 3.8) is 0 Å². The van der Waals surface area contributed by atoms with Gasteiger partial charge in [-0.25, -0.2) is 34.7 Å². The van der Waals surface area contributed by atoms with E-state index < -0.39 is 19.8 Å². The van der Waals surface area contributed by atoms with Crippen LogP contribution < -0.4 is 21.7 Å². The molecule has 2 aliphatic carbocycles. The van der Waals surface area contributed by atoms with Crippen LogP contribution in [0.25, 0.3) is 65.5 Å². The number of carbonyl (C=O) groups is 1. The molecule has 4 atom stereocenters. The topological polar surface area (TPSA) is 196 Å². The van der Waals surface area contributed by atoms with Crippen LogP contribution in [0, 0.1) is 13.8 Å². The van der Waals surface area contributed by atoms with Crippen molar-refractivity contribution >= 4 is 70.5 Å². The van der Waals surface area contributed by atoms with Crippen LogP contribution in [-0.2, 0) is 16.2 Å². The summed E-state index contributed by atoms with van der Waals surface area (Å²) >= 11 is 3.28. The number of carbonyl (C=O) groups excluding carboxylic acids is 1. The van der Waals surface area contributed by atoms with Crippen LogP contribution in [0.5, 0.6) is 0 Å². The van der Waals surface area contributed by atoms with E-state index >= 15 is 0 Å². The summed E-state index contributed by atoms with van der Waals surface area (Å²) in [5, 5.41) is 18.2. The fourth-order valence-corrected chi connectivity index (χ4v) is 11.3. The lowest BCUT2D eigenvalue weighted by molar-refractivity contribution is 0.0503. The number of thiazole rings is 2. The lowest BCUT2D eigenvalue weighted by Gasteiger charge is -2.25. The number of alkyl carbamates (subject to hydrolysis) is 1. The maximum atomic E-state index is 12.5. The van der Waals surface area contributed by atoms with E-state index in [2.05, 4.69) is 108 Å². The highest BCUT2D eigenvalue weighted by atomic mass is 32.1. The second kappa shape index (κ2) is 21.3. The summed E-state index contributed by atoms with van der Waals surface area (Å²) in [5.74, 6) is 1.20. The minimum Gasteiger partial charge on any atom is -0.444 e. The van der Waals surface area contributed by atoms with Crippen LogP contribution >= 0.6 is 22.7 Å². The maximum Gasteiger partial charge on any atom is 0.407 e. The quantitative estimate of drug-likeness (QED) is 0.0511. The molecule has 0 spiro atoms. The van der Waals surface area contributed by atoms with E-state index in [1.54, 1.807) is 22.7 Å². The second-order valence-corrected chi connectivity index (χ2v) is 28.4. The molecule has 2 aromatic carbocycles. The summed E-state index contributed by atoms with van der Waals surface area (Å²) in [6.45, 7) is 18.0. The first-order chi connectivity index (χ1) is 34.0. The maximum absolute atomic E-state index is 12.5. The number of fused-ring (bicyclic) bond motifs is 2. The highest BCUT2D eigenvalue weighted by Crippen LogP contribution is 2.37. The molecule has 1 amide bonds. The van der Waals surface area contributed by atoms with Gasteiger partial charge in [-0.1, -0.05) is 43.9 Å². The van der Waals surface area contributed by atoms with Gasteiger partial charge in [0.1, 0.15) is 22.3 Å². The minimum atomic E-state index is -1.19. The number of hydrogen-bond acceptors (Lipinski definition) is 14. The average Bonchev–Trinajstić information content (AvgIpc) is 4.20. The molecule has 6 N–H and O–H groups in total. The summed E-state index contributed by atoms with van der Waals surface area (Å²) in [7, 11) is -1.19. The van der Waals surface area contributed by atoms with Gasteiger partial charge in [0.05, 0.1) is 22.9 Å². The van der Waals surface area contributed by atoms with Crippen LogP contribution in [0.15, 0.2) is 84.3 Å². The molecule has 372 valence electrons. The van der Waals surface area contributed by atoms with E-state index in [0.717, 1.165) is 128 Å². The molecule has 18 heteroatoms. The number of nitrogens with two attached hydrogens (primary N) is 1. The molecular weight excluding hydrogens is 945 g/mol. The van der Waals surface area contributed by atoms with Crippen LogP contribution in [0.4, 0.5) is 16.7 Å². The van der Waals surface area contributed by atoms with E-state index in [4.69, 9.17) is 25.2 Å². The van der Waals surface area contributed by atoms with Crippen molar-refractivity contribution in [1.82, 2.24) is 44.8 Å². The summed E-state index contributed by atoms with van der Waals surface area (Å²) < 4.78 is 13.9. The Bertz CT molecular complexity index is 3090. The van der Waals surface area contributed by atoms with Gasteiger partial charge in [-0.3, -0.25) is 0 Å². The summed E-state index contributed by atoms with van der Waals surface area (Å²) in [5.41, 5.74) is 16.0. The zero-order valence-corrected chi connectivity index (χ0v) is 44.6.